The van der Waals surface area contributed by atoms with E-state index in [1.165, 1.54) is 0 Å². The summed E-state index contributed by atoms with van der Waals surface area (Å²) < 4.78 is 5.07. The molecule has 0 rings (SSSR count). The van der Waals surface area contributed by atoms with Crippen molar-refractivity contribution in [3.8, 4) is 0 Å². The highest BCUT2D eigenvalue weighted by Gasteiger charge is 2.01. The van der Waals surface area contributed by atoms with Crippen LogP contribution in [0.4, 0.5) is 0 Å². The highest BCUT2D eigenvalue weighted by molar-refractivity contribution is 5.69. The van der Waals surface area contributed by atoms with E-state index in [0.717, 1.165) is 45.3 Å². The lowest BCUT2D eigenvalue weighted by molar-refractivity contribution is -0.143. The molecule has 0 bridgehead atoms. The second kappa shape index (κ2) is 11.9. The first-order chi connectivity index (χ1) is 8.16. The lowest BCUT2D eigenvalue weighted by atomic mass is 10.3. The first-order valence-electron chi connectivity index (χ1n) is 6.68. The van der Waals surface area contributed by atoms with E-state index in [-0.39, 0.29) is 5.97 Å². The summed E-state index contributed by atoms with van der Waals surface area (Å²) in [7, 11) is 4.15. The molecule has 17 heavy (non-hydrogen) atoms. The molecular weight excluding hydrogens is 216 g/mol. The van der Waals surface area contributed by atoms with Crippen LogP contribution < -0.4 is 5.32 Å². The van der Waals surface area contributed by atoms with Gasteiger partial charge in [0.2, 0.25) is 0 Å². The first-order valence-corrected chi connectivity index (χ1v) is 6.68. The first kappa shape index (κ1) is 16.4. The number of ether oxygens (including phenoxy) is 1. The summed E-state index contributed by atoms with van der Waals surface area (Å²) in [5, 5.41) is 3.33. The second-order valence-corrected chi connectivity index (χ2v) is 4.58. The number of nitrogens with zero attached hydrogens (tertiary/aromatic N) is 1. The topological polar surface area (TPSA) is 41.6 Å². The Labute approximate surface area is 106 Å². The molecule has 102 valence electrons. The molecule has 0 heterocycles. The number of rotatable bonds is 11. The third-order valence-electron chi connectivity index (χ3n) is 2.45. The standard InChI is InChI=1S/C13H28N2O2/c1-4-5-12-17-13(16)8-6-9-14-10-7-11-15(2)3/h14H,4-12H2,1-3H3. The van der Waals surface area contributed by atoms with Crippen molar-refractivity contribution in [2.24, 2.45) is 0 Å². The fraction of sp³-hybridized carbons (Fsp3) is 0.923. The third kappa shape index (κ3) is 13.3. The Morgan fingerprint density at radius 1 is 1.18 bits per heavy atom. The van der Waals surface area contributed by atoms with Crippen LogP contribution in [0.3, 0.4) is 0 Å². The Kier molecular flexibility index (Phi) is 11.4. The van der Waals surface area contributed by atoms with Gasteiger partial charge in [0.05, 0.1) is 6.61 Å². The number of carbonyl (C=O) groups is 1. The average Bonchev–Trinajstić information content (AvgIpc) is 2.28. The van der Waals surface area contributed by atoms with Crippen LogP contribution in [0.15, 0.2) is 0 Å². The SMILES string of the molecule is CCCCOC(=O)CCCNCCCN(C)C. The average molecular weight is 244 g/mol. The number of nitrogens with one attached hydrogen (secondary N) is 1. The molecule has 0 aliphatic carbocycles. The van der Waals surface area contributed by atoms with E-state index in [1.807, 2.05) is 0 Å². The van der Waals surface area contributed by atoms with Gasteiger partial charge in [0.25, 0.3) is 0 Å². The van der Waals surface area contributed by atoms with E-state index in [0.29, 0.717) is 13.0 Å². The van der Waals surface area contributed by atoms with Gasteiger partial charge in [0, 0.05) is 6.42 Å². The van der Waals surface area contributed by atoms with E-state index in [2.05, 4.69) is 31.2 Å². The summed E-state index contributed by atoms with van der Waals surface area (Å²) >= 11 is 0. The van der Waals surface area contributed by atoms with Gasteiger partial charge >= 0.3 is 5.97 Å². The molecule has 0 atom stereocenters. The van der Waals surface area contributed by atoms with Crippen molar-refractivity contribution in [3.63, 3.8) is 0 Å². The zero-order chi connectivity index (χ0) is 12.9. The monoisotopic (exact) mass is 244 g/mol. The van der Waals surface area contributed by atoms with Crippen molar-refractivity contribution in [2.45, 2.75) is 39.0 Å². The zero-order valence-electron chi connectivity index (χ0n) is 11.6. The van der Waals surface area contributed by atoms with E-state index in [1.54, 1.807) is 0 Å². The third-order valence-corrected chi connectivity index (χ3v) is 2.45. The Balaban J connectivity index is 3.14. The molecule has 4 heteroatoms. The van der Waals surface area contributed by atoms with Crippen LogP contribution in [0, 0.1) is 0 Å². The number of unbranched alkanes of at least 4 members (excludes halogenated alkanes) is 1. The molecule has 0 aromatic carbocycles. The van der Waals surface area contributed by atoms with Crippen molar-refractivity contribution in [1.29, 1.82) is 0 Å². The van der Waals surface area contributed by atoms with Gasteiger partial charge < -0.3 is 15.0 Å². The lowest BCUT2D eigenvalue weighted by Gasteiger charge is -2.09. The van der Waals surface area contributed by atoms with Gasteiger partial charge in [0.15, 0.2) is 0 Å². The lowest BCUT2D eigenvalue weighted by Crippen LogP contribution is -2.22. The minimum Gasteiger partial charge on any atom is -0.466 e. The summed E-state index contributed by atoms with van der Waals surface area (Å²) in [6, 6.07) is 0. The molecule has 0 saturated carbocycles. The highest BCUT2D eigenvalue weighted by Crippen LogP contribution is 1.94. The fourth-order valence-electron chi connectivity index (χ4n) is 1.41. The number of carbonyl (C=O) groups excluding carboxylic acids is 1. The van der Waals surface area contributed by atoms with Crippen molar-refractivity contribution in [2.75, 3.05) is 40.3 Å². The molecule has 0 amide bonds. The van der Waals surface area contributed by atoms with Gasteiger partial charge in [-0.25, -0.2) is 0 Å². The van der Waals surface area contributed by atoms with Crippen LogP contribution >= 0.6 is 0 Å². The number of hydrogen-bond acceptors (Lipinski definition) is 4. The predicted molar refractivity (Wildman–Crippen MR) is 71.1 cm³/mol. The van der Waals surface area contributed by atoms with Crippen LogP contribution in [0.5, 0.6) is 0 Å². The van der Waals surface area contributed by atoms with E-state index < -0.39 is 0 Å². The van der Waals surface area contributed by atoms with Gasteiger partial charge in [-0.3, -0.25) is 4.79 Å². The van der Waals surface area contributed by atoms with E-state index in [9.17, 15) is 4.79 Å². The zero-order valence-corrected chi connectivity index (χ0v) is 11.6. The molecule has 0 aliphatic heterocycles. The summed E-state index contributed by atoms with van der Waals surface area (Å²) in [4.78, 5) is 13.4. The number of esters is 1. The maximum absolute atomic E-state index is 11.2. The quantitative estimate of drug-likeness (QED) is 0.443. The van der Waals surface area contributed by atoms with Crippen molar-refractivity contribution < 1.29 is 9.53 Å². The molecule has 0 spiro atoms. The van der Waals surface area contributed by atoms with Crippen LogP contribution in [0.25, 0.3) is 0 Å². The normalized spacial score (nSPS) is 10.8. The van der Waals surface area contributed by atoms with Crippen molar-refractivity contribution in [3.05, 3.63) is 0 Å². The predicted octanol–water partition coefficient (Wildman–Crippen LogP) is 1.65. The molecule has 4 nitrogen and oxygen atoms in total. The molecule has 0 aromatic rings. The van der Waals surface area contributed by atoms with Crippen LogP contribution in [-0.4, -0.2) is 51.2 Å². The Morgan fingerprint density at radius 3 is 2.53 bits per heavy atom. The van der Waals surface area contributed by atoms with E-state index in [4.69, 9.17) is 4.74 Å². The Bertz CT molecular complexity index is 184. The molecule has 0 aromatic heterocycles. The minimum absolute atomic E-state index is 0.0615. The Morgan fingerprint density at radius 2 is 1.88 bits per heavy atom. The summed E-state index contributed by atoms with van der Waals surface area (Å²) in [5.74, 6) is -0.0615. The molecular formula is C13H28N2O2. The van der Waals surface area contributed by atoms with Gasteiger partial charge in [-0.1, -0.05) is 13.3 Å². The van der Waals surface area contributed by atoms with Gasteiger partial charge in [0.1, 0.15) is 0 Å². The van der Waals surface area contributed by atoms with Gasteiger partial charge in [-0.2, -0.15) is 0 Å². The molecule has 0 radical (unpaired) electrons. The summed E-state index contributed by atoms with van der Waals surface area (Å²) in [6.45, 7) is 5.68. The molecule has 1 N–H and O–H groups in total. The molecule has 0 saturated heterocycles. The minimum atomic E-state index is -0.0615. The Hall–Kier alpha value is -0.610. The second-order valence-electron chi connectivity index (χ2n) is 4.58. The molecule has 0 unspecified atom stereocenters. The largest absolute Gasteiger partial charge is 0.466 e. The van der Waals surface area contributed by atoms with Crippen LogP contribution in [0.1, 0.15) is 39.0 Å². The van der Waals surface area contributed by atoms with Gasteiger partial charge in [-0.05, 0) is 53.0 Å². The highest BCUT2D eigenvalue weighted by atomic mass is 16.5. The molecule has 0 aliphatic rings. The maximum Gasteiger partial charge on any atom is 0.305 e. The summed E-state index contributed by atoms with van der Waals surface area (Å²) in [5.41, 5.74) is 0. The smallest absolute Gasteiger partial charge is 0.305 e. The molecule has 0 fully saturated rings. The van der Waals surface area contributed by atoms with Crippen molar-refractivity contribution in [1.82, 2.24) is 10.2 Å². The van der Waals surface area contributed by atoms with Crippen molar-refractivity contribution >= 4 is 5.97 Å². The van der Waals surface area contributed by atoms with Crippen LogP contribution in [0.2, 0.25) is 0 Å². The maximum atomic E-state index is 11.2. The van der Waals surface area contributed by atoms with E-state index >= 15 is 0 Å². The summed E-state index contributed by atoms with van der Waals surface area (Å²) in [6.07, 6.45) is 4.58. The fourth-order valence-corrected chi connectivity index (χ4v) is 1.41. The van der Waals surface area contributed by atoms with Crippen LogP contribution in [-0.2, 0) is 9.53 Å². The number of hydrogen-bond donors (Lipinski definition) is 1. The van der Waals surface area contributed by atoms with Gasteiger partial charge in [-0.15, -0.1) is 0 Å².